The summed E-state index contributed by atoms with van der Waals surface area (Å²) in [4.78, 5) is 27.2. The number of carbonyl (C=O) groups is 2. The number of nitrogens with zero attached hydrogens (tertiary/aromatic N) is 1. The molecule has 0 spiro atoms. The van der Waals surface area contributed by atoms with Crippen molar-refractivity contribution in [3.05, 3.63) is 58.1 Å². The summed E-state index contributed by atoms with van der Waals surface area (Å²) in [6.45, 7) is 14.4. The molecule has 182 valence electrons. The zero-order valence-corrected chi connectivity index (χ0v) is 21.2. The minimum absolute atomic E-state index is 0.239. The number of aryl methyl sites for hydroxylation is 2. The Kier molecular flexibility index (Phi) is 7.73. The average Bonchev–Trinajstić information content (AvgIpc) is 2.93. The highest BCUT2D eigenvalue weighted by atomic mass is 16.6. The van der Waals surface area contributed by atoms with Crippen LogP contribution in [0.2, 0.25) is 0 Å². The van der Waals surface area contributed by atoms with E-state index in [4.69, 9.17) is 9.39 Å². The third-order valence-corrected chi connectivity index (χ3v) is 6.16. The monoisotopic (exact) mass is 466 g/mol. The molecule has 7 nitrogen and oxygen atoms in total. The quantitative estimate of drug-likeness (QED) is 0.533. The molecule has 1 aliphatic heterocycles. The fourth-order valence-electron chi connectivity index (χ4n) is 4.60. The second-order valence-electron chi connectivity index (χ2n) is 10.0. The molecule has 2 N–H and O–H groups in total. The van der Waals surface area contributed by atoms with Crippen molar-refractivity contribution >= 4 is 24.4 Å². The van der Waals surface area contributed by atoms with Gasteiger partial charge in [0.05, 0.1) is 12.6 Å². The molecule has 3 rings (SSSR count). The largest absolute Gasteiger partial charge is 0.495 e. The predicted octanol–water partition coefficient (Wildman–Crippen LogP) is 3.32. The van der Waals surface area contributed by atoms with Crippen molar-refractivity contribution < 1.29 is 24.0 Å². The van der Waals surface area contributed by atoms with Crippen LogP contribution in [0.1, 0.15) is 71.5 Å². The van der Waals surface area contributed by atoms with Crippen molar-refractivity contribution in [3.63, 3.8) is 0 Å². The van der Waals surface area contributed by atoms with Gasteiger partial charge in [-0.15, -0.1) is 0 Å². The zero-order chi connectivity index (χ0) is 25.2. The minimum atomic E-state index is -1.11. The van der Waals surface area contributed by atoms with Crippen molar-refractivity contribution in [1.82, 2.24) is 10.4 Å². The van der Waals surface area contributed by atoms with Crippen molar-refractivity contribution in [2.45, 2.75) is 60.9 Å². The fourth-order valence-corrected chi connectivity index (χ4v) is 4.60. The Labute approximate surface area is 202 Å². The number of hydrogen-bond acceptors (Lipinski definition) is 5. The van der Waals surface area contributed by atoms with Crippen LogP contribution in [0.4, 0.5) is 0 Å². The summed E-state index contributed by atoms with van der Waals surface area (Å²) in [5.74, 6) is -0.230. The number of fused-ring (bicyclic) bond motifs is 1. The Bertz CT molecular complexity index is 1060. The Hall–Kier alpha value is -2.84. The molecule has 8 heteroatoms. The van der Waals surface area contributed by atoms with Gasteiger partial charge >= 0.3 is 7.12 Å². The number of nitrogens with one attached hydrogen (secondary N) is 1. The van der Waals surface area contributed by atoms with Crippen LogP contribution in [0.5, 0.6) is 5.75 Å². The van der Waals surface area contributed by atoms with E-state index in [0.29, 0.717) is 34.3 Å². The zero-order valence-electron chi connectivity index (χ0n) is 21.2. The molecule has 0 saturated carbocycles. The van der Waals surface area contributed by atoms with Gasteiger partial charge in [0.1, 0.15) is 12.4 Å². The summed E-state index contributed by atoms with van der Waals surface area (Å²) in [6, 6.07) is 8.71. The summed E-state index contributed by atoms with van der Waals surface area (Å²) in [7, 11) is -1.11. The van der Waals surface area contributed by atoms with Crippen LogP contribution < -0.4 is 15.6 Å². The molecule has 0 bridgehead atoms. The van der Waals surface area contributed by atoms with Gasteiger partial charge in [-0.05, 0) is 50.8 Å². The summed E-state index contributed by atoms with van der Waals surface area (Å²) < 4.78 is 11.1. The van der Waals surface area contributed by atoms with Gasteiger partial charge in [0.25, 0.3) is 11.8 Å². The molecule has 2 aromatic rings. The lowest BCUT2D eigenvalue weighted by Gasteiger charge is -2.39. The van der Waals surface area contributed by atoms with Crippen LogP contribution in [-0.2, 0) is 4.65 Å². The highest BCUT2D eigenvalue weighted by Crippen LogP contribution is 2.28. The lowest BCUT2D eigenvalue weighted by molar-refractivity contribution is 0.0284. The molecule has 1 unspecified atom stereocenters. The van der Waals surface area contributed by atoms with E-state index >= 15 is 0 Å². The molecule has 1 aliphatic rings. The molecule has 2 aromatic carbocycles. The van der Waals surface area contributed by atoms with E-state index in [-0.39, 0.29) is 30.6 Å². The first kappa shape index (κ1) is 25.8. The molecule has 34 heavy (non-hydrogen) atoms. The van der Waals surface area contributed by atoms with E-state index in [9.17, 15) is 14.6 Å². The maximum Gasteiger partial charge on any atom is 0.495 e. The first-order chi connectivity index (χ1) is 15.9. The Morgan fingerprint density at radius 1 is 1.12 bits per heavy atom. The lowest BCUT2D eigenvalue weighted by Crippen LogP contribution is -2.56. The number of benzene rings is 2. The van der Waals surface area contributed by atoms with Crippen LogP contribution in [0.25, 0.3) is 0 Å². The molecular weight excluding hydrogens is 431 g/mol. The number of carbonyl (C=O) groups excluding carboxylic acids is 2. The summed E-state index contributed by atoms with van der Waals surface area (Å²) >= 11 is 0. The smallest absolute Gasteiger partial charge is 0.491 e. The Morgan fingerprint density at radius 2 is 1.76 bits per heavy atom. The first-order valence-electron chi connectivity index (χ1n) is 11.7. The van der Waals surface area contributed by atoms with Gasteiger partial charge in [0.2, 0.25) is 0 Å². The summed E-state index contributed by atoms with van der Waals surface area (Å²) in [6.07, 6.45) is 0.663. The van der Waals surface area contributed by atoms with E-state index in [1.807, 2.05) is 39.0 Å². The maximum atomic E-state index is 13.7. The average molecular weight is 466 g/mol. The van der Waals surface area contributed by atoms with Crippen molar-refractivity contribution in [2.75, 3.05) is 13.2 Å². The second-order valence-corrected chi connectivity index (χ2v) is 10.0. The number of rotatable bonds is 4. The van der Waals surface area contributed by atoms with Crippen LogP contribution in [0.3, 0.4) is 0 Å². The minimum Gasteiger partial charge on any atom is -0.491 e. The van der Waals surface area contributed by atoms with Crippen molar-refractivity contribution in [1.29, 1.82) is 0 Å². The molecule has 1 heterocycles. The molecule has 0 aromatic heterocycles. The number of amides is 2. The van der Waals surface area contributed by atoms with Gasteiger partial charge < -0.3 is 14.4 Å². The van der Waals surface area contributed by atoms with Gasteiger partial charge in [-0.25, -0.2) is 5.01 Å². The number of ether oxygens (including phenoxy) is 1. The fraction of sp³-hybridized carbons (Fsp3) is 0.462. The maximum absolute atomic E-state index is 13.7. The highest BCUT2D eigenvalue weighted by Gasteiger charge is 2.35. The molecule has 1 atom stereocenters. The molecule has 2 amide bonds. The third kappa shape index (κ3) is 5.45. The Morgan fingerprint density at radius 3 is 2.35 bits per heavy atom. The van der Waals surface area contributed by atoms with Crippen LogP contribution in [-0.4, -0.2) is 48.2 Å². The van der Waals surface area contributed by atoms with Gasteiger partial charge in [0.15, 0.2) is 0 Å². The van der Waals surface area contributed by atoms with E-state index in [2.05, 4.69) is 26.2 Å². The van der Waals surface area contributed by atoms with Crippen molar-refractivity contribution in [2.24, 2.45) is 5.41 Å². The summed E-state index contributed by atoms with van der Waals surface area (Å²) in [5, 5.41) is 11.7. The highest BCUT2D eigenvalue weighted by molar-refractivity contribution is 6.61. The van der Waals surface area contributed by atoms with E-state index in [1.54, 1.807) is 19.1 Å². The van der Waals surface area contributed by atoms with Crippen molar-refractivity contribution in [3.8, 4) is 5.75 Å². The normalized spacial score (nSPS) is 14.5. The van der Waals surface area contributed by atoms with Crippen LogP contribution in [0.15, 0.2) is 30.3 Å². The SMILES string of the molecule is CCC(N(NC(=O)c1ccc2c(c1C)OCCOB2O)C(=O)c1cc(C)cc(C)c1)C(C)(C)C. The second kappa shape index (κ2) is 10.2. The number of hydrogen-bond donors (Lipinski definition) is 2. The standard InChI is InChI=1S/C26H35BN2O5/c1-8-22(26(5,6)7)29(25(31)19-14-16(2)13-17(3)15-19)28-24(30)20-9-10-21-23(18(20)4)33-11-12-34-27(21)32/h9-10,13-15,22,32H,8,11-12H2,1-7H3,(H,28,30). The lowest BCUT2D eigenvalue weighted by atomic mass is 9.77. The van der Waals surface area contributed by atoms with Gasteiger partial charge in [-0.2, -0.15) is 0 Å². The van der Waals surface area contributed by atoms with Gasteiger partial charge in [0, 0.05) is 22.2 Å². The van der Waals surface area contributed by atoms with E-state index < -0.39 is 13.0 Å². The topological polar surface area (TPSA) is 88.1 Å². The molecule has 0 radical (unpaired) electrons. The Balaban J connectivity index is 2.00. The van der Waals surface area contributed by atoms with Gasteiger partial charge in [-0.1, -0.05) is 51.0 Å². The van der Waals surface area contributed by atoms with Crippen LogP contribution in [0, 0.1) is 26.2 Å². The molecule has 0 fully saturated rings. The van der Waals surface area contributed by atoms with E-state index in [1.165, 1.54) is 5.01 Å². The van der Waals surface area contributed by atoms with E-state index in [0.717, 1.165) is 11.1 Å². The molecule has 0 saturated heterocycles. The summed E-state index contributed by atoms with van der Waals surface area (Å²) in [5.41, 5.74) is 6.56. The molecular formula is C26H35BN2O5. The van der Waals surface area contributed by atoms with Gasteiger partial charge in [-0.3, -0.25) is 15.0 Å². The first-order valence-corrected chi connectivity index (χ1v) is 11.7. The third-order valence-electron chi connectivity index (χ3n) is 6.16. The number of hydrazine groups is 1. The molecule has 0 aliphatic carbocycles. The van der Waals surface area contributed by atoms with Crippen LogP contribution >= 0.6 is 0 Å². The predicted molar refractivity (Wildman–Crippen MR) is 133 cm³/mol.